The molecule has 1 aliphatic rings. The van der Waals surface area contributed by atoms with Crippen molar-refractivity contribution in [3.8, 4) is 17.1 Å². The first-order chi connectivity index (χ1) is 13.1. The molecule has 3 rings (SSSR count). The van der Waals surface area contributed by atoms with Crippen LogP contribution in [0, 0.1) is 5.92 Å². The minimum absolute atomic E-state index is 0.0187. The summed E-state index contributed by atoms with van der Waals surface area (Å²) in [6.07, 6.45) is 4.49. The van der Waals surface area contributed by atoms with E-state index in [-0.39, 0.29) is 11.7 Å². The lowest BCUT2D eigenvalue weighted by molar-refractivity contribution is -0.119. The number of carbonyl (C=O) groups excluding carboxylic acids is 1. The van der Waals surface area contributed by atoms with Gasteiger partial charge in [0.25, 0.3) is 0 Å². The zero-order valence-electron chi connectivity index (χ0n) is 15.9. The number of benzene rings is 1. The average molecular weight is 390 g/mol. The molecule has 0 atom stereocenters. The quantitative estimate of drug-likeness (QED) is 0.558. The van der Waals surface area contributed by atoms with Gasteiger partial charge >= 0.3 is 0 Å². The lowest BCUT2D eigenvalue weighted by Crippen LogP contribution is -2.38. The Hall–Kier alpha value is -2.22. The number of nitrogens with one attached hydrogen (secondary N) is 1. The van der Waals surface area contributed by atoms with E-state index in [1.165, 1.54) is 29.3 Å². The van der Waals surface area contributed by atoms with Crippen LogP contribution in [0.3, 0.4) is 0 Å². The average Bonchev–Trinajstić information content (AvgIpc) is 3.03. The molecule has 0 saturated heterocycles. The Morgan fingerprint density at radius 3 is 2.63 bits per heavy atom. The van der Waals surface area contributed by atoms with Crippen LogP contribution in [-0.2, 0) is 4.79 Å². The Labute approximate surface area is 164 Å². The maximum atomic E-state index is 12.2. The van der Waals surface area contributed by atoms with Gasteiger partial charge in [-0.15, -0.1) is 10.2 Å². The third kappa shape index (κ3) is 5.15. The number of nitrogen functional groups attached to an aromatic ring is 1. The molecule has 0 bridgehead atoms. The van der Waals surface area contributed by atoms with E-state index in [1.807, 2.05) is 31.2 Å². The van der Waals surface area contributed by atoms with Crippen molar-refractivity contribution in [1.29, 1.82) is 0 Å². The largest absolute Gasteiger partial charge is 0.494 e. The molecule has 7 nitrogen and oxygen atoms in total. The van der Waals surface area contributed by atoms with E-state index in [1.54, 1.807) is 0 Å². The van der Waals surface area contributed by atoms with Crippen LogP contribution in [0.2, 0.25) is 0 Å². The normalized spacial score (nSPS) is 19.6. The Bertz CT molecular complexity index is 754. The molecular formula is C19H27N5O2S. The summed E-state index contributed by atoms with van der Waals surface area (Å²) in [6, 6.07) is 7.83. The van der Waals surface area contributed by atoms with Gasteiger partial charge < -0.3 is 15.9 Å². The molecule has 1 aliphatic carbocycles. The number of amides is 1. The van der Waals surface area contributed by atoms with Gasteiger partial charge in [-0.25, -0.2) is 4.68 Å². The van der Waals surface area contributed by atoms with Gasteiger partial charge in [-0.1, -0.05) is 18.7 Å². The highest BCUT2D eigenvalue weighted by Crippen LogP contribution is 2.25. The lowest BCUT2D eigenvalue weighted by Gasteiger charge is -2.26. The van der Waals surface area contributed by atoms with E-state index < -0.39 is 0 Å². The number of hydrogen-bond donors (Lipinski definition) is 2. The number of thioether (sulfide) groups is 1. The summed E-state index contributed by atoms with van der Waals surface area (Å²) in [6.45, 7) is 4.83. The third-order valence-corrected chi connectivity index (χ3v) is 5.74. The number of nitrogens with zero attached hydrogens (tertiary/aromatic N) is 3. The van der Waals surface area contributed by atoms with Gasteiger partial charge in [0.1, 0.15) is 5.75 Å². The molecule has 0 aliphatic heterocycles. The molecule has 0 radical (unpaired) electrons. The number of hydrogen-bond acceptors (Lipinski definition) is 6. The van der Waals surface area contributed by atoms with Crippen molar-refractivity contribution in [3.05, 3.63) is 24.3 Å². The summed E-state index contributed by atoms with van der Waals surface area (Å²) in [4.78, 5) is 12.2. The summed E-state index contributed by atoms with van der Waals surface area (Å²) in [5.74, 6) is 8.55. The number of aromatic nitrogens is 3. The van der Waals surface area contributed by atoms with E-state index in [2.05, 4.69) is 22.4 Å². The fourth-order valence-corrected chi connectivity index (χ4v) is 3.91. The van der Waals surface area contributed by atoms with Crippen molar-refractivity contribution in [2.75, 3.05) is 18.2 Å². The minimum Gasteiger partial charge on any atom is -0.494 e. The van der Waals surface area contributed by atoms with Gasteiger partial charge in [-0.05, 0) is 62.8 Å². The minimum atomic E-state index is 0.0187. The van der Waals surface area contributed by atoms with E-state index in [0.717, 1.165) is 30.1 Å². The van der Waals surface area contributed by atoms with E-state index in [0.29, 0.717) is 23.6 Å². The third-order valence-electron chi connectivity index (χ3n) is 4.80. The maximum absolute atomic E-state index is 12.2. The fraction of sp³-hybridized carbons (Fsp3) is 0.526. The molecule has 0 unspecified atom stereocenters. The highest BCUT2D eigenvalue weighted by atomic mass is 32.2. The van der Waals surface area contributed by atoms with Gasteiger partial charge in [-0.2, -0.15) is 0 Å². The molecule has 3 N–H and O–H groups in total. The summed E-state index contributed by atoms with van der Waals surface area (Å²) in [5, 5.41) is 11.9. The smallest absolute Gasteiger partial charge is 0.230 e. The first kappa shape index (κ1) is 19.5. The Balaban J connectivity index is 1.54. The van der Waals surface area contributed by atoms with Crippen LogP contribution < -0.4 is 15.9 Å². The monoisotopic (exact) mass is 389 g/mol. The van der Waals surface area contributed by atoms with Gasteiger partial charge in [0.15, 0.2) is 5.82 Å². The van der Waals surface area contributed by atoms with Crippen LogP contribution in [0.4, 0.5) is 0 Å². The van der Waals surface area contributed by atoms with E-state index >= 15 is 0 Å². The molecule has 1 amide bonds. The molecule has 1 saturated carbocycles. The van der Waals surface area contributed by atoms with Crippen LogP contribution in [0.25, 0.3) is 11.4 Å². The summed E-state index contributed by atoms with van der Waals surface area (Å²) in [5.41, 5.74) is 0.848. The van der Waals surface area contributed by atoms with Gasteiger partial charge in [0, 0.05) is 11.6 Å². The highest BCUT2D eigenvalue weighted by molar-refractivity contribution is 7.99. The molecule has 8 heteroatoms. The Morgan fingerprint density at radius 1 is 1.26 bits per heavy atom. The lowest BCUT2D eigenvalue weighted by atomic mass is 9.87. The summed E-state index contributed by atoms with van der Waals surface area (Å²) in [7, 11) is 0. The highest BCUT2D eigenvalue weighted by Gasteiger charge is 2.20. The van der Waals surface area contributed by atoms with E-state index in [4.69, 9.17) is 10.6 Å². The van der Waals surface area contributed by atoms with Crippen molar-refractivity contribution < 1.29 is 9.53 Å². The van der Waals surface area contributed by atoms with Crippen LogP contribution >= 0.6 is 11.8 Å². The SMILES string of the molecule is CCOc1ccc(-c2nnc(SCC(=O)NC3CCC(C)CC3)n2N)cc1. The second-order valence-electron chi connectivity index (χ2n) is 6.95. The molecule has 1 aromatic heterocycles. The molecule has 2 aromatic rings. The maximum Gasteiger partial charge on any atom is 0.230 e. The van der Waals surface area contributed by atoms with Crippen LogP contribution in [0.15, 0.2) is 29.4 Å². The molecular weight excluding hydrogens is 362 g/mol. The second kappa shape index (κ2) is 9.12. The standard InChI is InChI=1S/C19H27N5O2S/c1-3-26-16-10-6-14(7-11-16)18-22-23-19(24(18)20)27-12-17(25)21-15-8-4-13(2)5-9-15/h6-7,10-11,13,15H,3-5,8-9,12,20H2,1-2H3,(H,21,25). The van der Waals surface area contributed by atoms with Crippen molar-refractivity contribution in [2.45, 2.75) is 50.7 Å². The van der Waals surface area contributed by atoms with Crippen molar-refractivity contribution in [2.24, 2.45) is 5.92 Å². The molecule has 27 heavy (non-hydrogen) atoms. The predicted octanol–water partition coefficient (Wildman–Crippen LogP) is 2.84. The second-order valence-corrected chi connectivity index (χ2v) is 7.89. The molecule has 1 fully saturated rings. The predicted molar refractivity (Wildman–Crippen MR) is 107 cm³/mol. The molecule has 1 aromatic carbocycles. The Kier molecular flexibility index (Phi) is 6.60. The van der Waals surface area contributed by atoms with Crippen LogP contribution in [0.1, 0.15) is 39.5 Å². The topological polar surface area (TPSA) is 95.1 Å². The zero-order valence-corrected chi connectivity index (χ0v) is 16.7. The summed E-state index contributed by atoms with van der Waals surface area (Å²) >= 11 is 1.30. The summed E-state index contributed by atoms with van der Waals surface area (Å²) < 4.78 is 6.87. The first-order valence-electron chi connectivity index (χ1n) is 9.42. The van der Waals surface area contributed by atoms with Gasteiger partial charge in [-0.3, -0.25) is 4.79 Å². The van der Waals surface area contributed by atoms with Gasteiger partial charge in [0.05, 0.1) is 12.4 Å². The van der Waals surface area contributed by atoms with Crippen LogP contribution in [0.5, 0.6) is 5.75 Å². The molecule has 1 heterocycles. The Morgan fingerprint density at radius 2 is 1.96 bits per heavy atom. The number of rotatable bonds is 7. The molecule has 0 spiro atoms. The van der Waals surface area contributed by atoms with E-state index in [9.17, 15) is 4.79 Å². The van der Waals surface area contributed by atoms with Crippen molar-refractivity contribution in [3.63, 3.8) is 0 Å². The fourth-order valence-electron chi connectivity index (χ4n) is 3.24. The van der Waals surface area contributed by atoms with Crippen LogP contribution in [-0.4, -0.2) is 39.2 Å². The zero-order chi connectivity index (χ0) is 19.2. The van der Waals surface area contributed by atoms with Gasteiger partial charge in [0.2, 0.25) is 11.1 Å². The number of carbonyl (C=O) groups is 1. The van der Waals surface area contributed by atoms with Crippen molar-refractivity contribution in [1.82, 2.24) is 20.2 Å². The van der Waals surface area contributed by atoms with Crippen molar-refractivity contribution >= 4 is 17.7 Å². The number of nitrogens with two attached hydrogens (primary N) is 1. The first-order valence-corrected chi connectivity index (χ1v) is 10.4. The number of ether oxygens (including phenoxy) is 1. The molecule has 146 valence electrons.